The Labute approximate surface area is 165 Å². The van der Waals surface area contributed by atoms with Crippen molar-refractivity contribution in [3.63, 3.8) is 0 Å². The van der Waals surface area contributed by atoms with E-state index in [2.05, 4.69) is 17.4 Å². The number of nitrogens with two attached hydrogens (primary N) is 1. The summed E-state index contributed by atoms with van der Waals surface area (Å²) in [5.41, 5.74) is 8.32. The number of hydrogen-bond donors (Lipinski definition) is 3. The van der Waals surface area contributed by atoms with Crippen molar-refractivity contribution in [3.8, 4) is 0 Å². The van der Waals surface area contributed by atoms with Gasteiger partial charge in [-0.05, 0) is 43.4 Å². The molecule has 4 N–H and O–H groups in total. The molecule has 0 bridgehead atoms. The van der Waals surface area contributed by atoms with Crippen LogP contribution in [-0.2, 0) is 0 Å². The summed E-state index contributed by atoms with van der Waals surface area (Å²) in [7, 11) is 0. The highest BCUT2D eigenvalue weighted by molar-refractivity contribution is 6.04. The van der Waals surface area contributed by atoms with Gasteiger partial charge in [-0.1, -0.05) is 55.7 Å². The summed E-state index contributed by atoms with van der Waals surface area (Å²) in [5, 5.41) is 10.1. The molecule has 1 aliphatic carbocycles. The van der Waals surface area contributed by atoms with Crippen LogP contribution in [0.5, 0.6) is 0 Å². The minimum absolute atomic E-state index is 0.0489. The summed E-state index contributed by atoms with van der Waals surface area (Å²) >= 11 is 0. The van der Waals surface area contributed by atoms with E-state index in [0.29, 0.717) is 22.6 Å². The zero-order chi connectivity index (χ0) is 20.1. The summed E-state index contributed by atoms with van der Waals surface area (Å²) in [4.78, 5) is 25.1. The maximum absolute atomic E-state index is 12.7. The van der Waals surface area contributed by atoms with E-state index in [1.54, 1.807) is 31.2 Å². The highest BCUT2D eigenvalue weighted by Crippen LogP contribution is 2.32. The second-order valence-electron chi connectivity index (χ2n) is 7.51. The van der Waals surface area contributed by atoms with Crippen molar-refractivity contribution in [3.05, 3.63) is 70.8 Å². The molecule has 0 saturated heterocycles. The summed E-state index contributed by atoms with van der Waals surface area (Å²) in [6.07, 6.45) is 6.33. The van der Waals surface area contributed by atoms with Crippen molar-refractivity contribution in [1.29, 1.82) is 5.41 Å². The minimum Gasteiger partial charge on any atom is -0.384 e. The molecule has 0 heterocycles. The topological polar surface area (TPSA) is 96.0 Å². The van der Waals surface area contributed by atoms with Gasteiger partial charge >= 0.3 is 0 Å². The SMILES string of the molecule is C[C@H](NC(=O)c1ccc(C(=N)N)cc1)C(=O)c1ccc(C2CCCCC2)cc1. The molecule has 2 aromatic rings. The molecular formula is C23H27N3O2. The maximum Gasteiger partial charge on any atom is 0.251 e. The molecule has 5 heteroatoms. The molecule has 0 aliphatic heterocycles. The molecule has 1 fully saturated rings. The van der Waals surface area contributed by atoms with E-state index in [1.807, 2.05) is 12.1 Å². The third-order valence-corrected chi connectivity index (χ3v) is 5.47. The number of carbonyl (C=O) groups is 2. The van der Waals surface area contributed by atoms with Gasteiger partial charge in [0.25, 0.3) is 5.91 Å². The first-order chi connectivity index (χ1) is 13.5. The molecule has 1 atom stereocenters. The van der Waals surface area contributed by atoms with Crippen molar-refractivity contribution in [2.75, 3.05) is 0 Å². The highest BCUT2D eigenvalue weighted by Gasteiger charge is 2.20. The zero-order valence-corrected chi connectivity index (χ0v) is 16.2. The molecule has 1 aliphatic rings. The first-order valence-corrected chi connectivity index (χ1v) is 9.85. The third-order valence-electron chi connectivity index (χ3n) is 5.47. The summed E-state index contributed by atoms with van der Waals surface area (Å²) in [5.74, 6) is 0.124. The van der Waals surface area contributed by atoms with Crippen molar-refractivity contribution in [2.45, 2.75) is 51.0 Å². The van der Waals surface area contributed by atoms with Crippen LogP contribution in [0.2, 0.25) is 0 Å². The van der Waals surface area contributed by atoms with Gasteiger partial charge in [0.1, 0.15) is 5.84 Å². The van der Waals surface area contributed by atoms with Crippen LogP contribution in [0.15, 0.2) is 48.5 Å². The van der Waals surface area contributed by atoms with Crippen LogP contribution in [0.4, 0.5) is 0 Å². The quantitative estimate of drug-likeness (QED) is 0.403. The maximum atomic E-state index is 12.7. The van der Waals surface area contributed by atoms with Gasteiger partial charge in [-0.2, -0.15) is 0 Å². The molecule has 1 amide bonds. The Kier molecular flexibility index (Phi) is 6.24. The normalized spacial score (nSPS) is 15.6. The van der Waals surface area contributed by atoms with Gasteiger partial charge in [0.2, 0.25) is 0 Å². The molecule has 0 aromatic heterocycles. The van der Waals surface area contributed by atoms with Crippen molar-refractivity contribution < 1.29 is 9.59 Å². The fourth-order valence-electron chi connectivity index (χ4n) is 3.75. The Balaban J connectivity index is 1.61. The van der Waals surface area contributed by atoms with Crippen LogP contribution in [-0.4, -0.2) is 23.6 Å². The van der Waals surface area contributed by atoms with Crippen LogP contribution in [0.1, 0.15) is 76.8 Å². The van der Waals surface area contributed by atoms with Crippen LogP contribution < -0.4 is 11.1 Å². The Morgan fingerprint density at radius 1 is 0.929 bits per heavy atom. The first kappa shape index (κ1) is 19.8. The lowest BCUT2D eigenvalue weighted by atomic mass is 9.84. The Hall–Kier alpha value is -2.95. The smallest absolute Gasteiger partial charge is 0.251 e. The molecule has 2 aromatic carbocycles. The lowest BCUT2D eigenvalue weighted by Crippen LogP contribution is -2.38. The first-order valence-electron chi connectivity index (χ1n) is 9.85. The van der Waals surface area contributed by atoms with E-state index in [4.69, 9.17) is 11.1 Å². The van der Waals surface area contributed by atoms with Crippen LogP contribution in [0.25, 0.3) is 0 Å². The van der Waals surface area contributed by atoms with Crippen LogP contribution in [0.3, 0.4) is 0 Å². The lowest BCUT2D eigenvalue weighted by Gasteiger charge is -2.22. The van der Waals surface area contributed by atoms with Gasteiger partial charge in [-0.15, -0.1) is 0 Å². The molecular weight excluding hydrogens is 350 g/mol. The highest BCUT2D eigenvalue weighted by atomic mass is 16.2. The number of rotatable bonds is 6. The van der Waals surface area contributed by atoms with Crippen molar-refractivity contribution in [2.24, 2.45) is 5.73 Å². The van der Waals surface area contributed by atoms with Gasteiger partial charge in [-0.25, -0.2) is 0 Å². The predicted molar refractivity (Wildman–Crippen MR) is 111 cm³/mol. The minimum atomic E-state index is -0.625. The van der Waals surface area contributed by atoms with Gasteiger partial charge in [-0.3, -0.25) is 15.0 Å². The van der Waals surface area contributed by atoms with Crippen LogP contribution >= 0.6 is 0 Å². The third kappa shape index (κ3) is 4.66. The largest absolute Gasteiger partial charge is 0.384 e. The number of nitrogens with one attached hydrogen (secondary N) is 2. The Morgan fingerprint density at radius 2 is 1.46 bits per heavy atom. The van der Waals surface area contributed by atoms with Gasteiger partial charge in [0, 0.05) is 16.7 Å². The summed E-state index contributed by atoms with van der Waals surface area (Å²) in [6.45, 7) is 1.69. The zero-order valence-electron chi connectivity index (χ0n) is 16.2. The van der Waals surface area contributed by atoms with Crippen LogP contribution in [0, 0.1) is 5.41 Å². The average Bonchev–Trinajstić information content (AvgIpc) is 2.74. The number of amides is 1. The molecule has 0 spiro atoms. The Bertz CT molecular complexity index is 850. The molecule has 28 heavy (non-hydrogen) atoms. The van der Waals surface area contributed by atoms with E-state index in [0.717, 1.165) is 0 Å². The average molecular weight is 377 g/mol. The summed E-state index contributed by atoms with van der Waals surface area (Å²) < 4.78 is 0. The number of benzene rings is 2. The van der Waals surface area contributed by atoms with E-state index in [-0.39, 0.29) is 17.5 Å². The lowest BCUT2D eigenvalue weighted by molar-refractivity contribution is 0.0865. The summed E-state index contributed by atoms with van der Waals surface area (Å²) in [6, 6.07) is 13.7. The number of carbonyl (C=O) groups excluding carboxylic acids is 2. The van der Waals surface area contributed by atoms with Crippen molar-refractivity contribution >= 4 is 17.5 Å². The fraction of sp³-hybridized carbons (Fsp3) is 0.348. The second kappa shape index (κ2) is 8.83. The molecule has 5 nitrogen and oxygen atoms in total. The Morgan fingerprint density at radius 3 is 2.04 bits per heavy atom. The number of nitrogen functional groups attached to an aromatic ring is 1. The van der Waals surface area contributed by atoms with E-state index in [9.17, 15) is 9.59 Å². The van der Waals surface area contributed by atoms with Crippen molar-refractivity contribution in [1.82, 2.24) is 5.32 Å². The van der Waals surface area contributed by atoms with Gasteiger partial charge in [0.15, 0.2) is 5.78 Å². The molecule has 1 saturated carbocycles. The fourth-order valence-corrected chi connectivity index (χ4v) is 3.75. The molecule has 0 radical (unpaired) electrons. The number of amidine groups is 1. The number of hydrogen-bond acceptors (Lipinski definition) is 3. The monoisotopic (exact) mass is 377 g/mol. The second-order valence-corrected chi connectivity index (χ2v) is 7.51. The molecule has 146 valence electrons. The predicted octanol–water partition coefficient (Wildman–Crippen LogP) is 4.02. The number of Topliss-reactive ketones (excluding diaryl/α,β-unsaturated/α-hetero) is 1. The van der Waals surface area contributed by atoms with E-state index >= 15 is 0 Å². The molecule has 0 unspecified atom stereocenters. The number of ketones is 1. The van der Waals surface area contributed by atoms with Gasteiger partial charge < -0.3 is 11.1 Å². The van der Waals surface area contributed by atoms with E-state index in [1.165, 1.54) is 37.7 Å². The van der Waals surface area contributed by atoms with E-state index < -0.39 is 6.04 Å². The molecule has 3 rings (SSSR count). The van der Waals surface area contributed by atoms with Gasteiger partial charge in [0.05, 0.1) is 6.04 Å². The standard InChI is InChI=1S/C23H27N3O2/c1-15(26-23(28)20-13-11-19(12-14-20)22(24)25)21(27)18-9-7-17(8-10-18)16-5-3-2-4-6-16/h7-16H,2-6H2,1H3,(H3,24,25)(H,26,28)/t15-/m0/s1.